The molecule has 8 heteroatoms. The molecule has 0 aromatic heterocycles. The van der Waals surface area contributed by atoms with Gasteiger partial charge in [0.05, 0.1) is 26.2 Å². The highest BCUT2D eigenvalue weighted by molar-refractivity contribution is 5.82. The van der Waals surface area contributed by atoms with Gasteiger partial charge in [0.25, 0.3) is 0 Å². The molecule has 5 atom stereocenters. The van der Waals surface area contributed by atoms with Crippen LogP contribution in [0.1, 0.15) is 55.1 Å². The average Bonchev–Trinajstić information content (AvgIpc) is 3.38. The SMILES string of the molecule is CCC1ONC(c2ccc3c(c2)CC[C@H]3NC(=O)C2CC[N+](C)(CCO)N2C)N1C. The molecule has 30 heavy (non-hydrogen) atoms. The normalized spacial score (nSPS) is 34.4. The maximum absolute atomic E-state index is 13.0. The minimum absolute atomic E-state index is 0.0583. The Balaban J connectivity index is 1.42. The van der Waals surface area contributed by atoms with Crippen LogP contribution in [0.3, 0.4) is 0 Å². The van der Waals surface area contributed by atoms with Crippen molar-refractivity contribution in [1.82, 2.24) is 20.7 Å². The lowest BCUT2D eigenvalue weighted by Crippen LogP contribution is -2.57. The van der Waals surface area contributed by atoms with E-state index >= 15 is 0 Å². The standard InChI is InChI=1S/C22H35N5O3/c1-5-20-25(2)21(24-30-20)16-6-8-17-15(14-16)7-9-18(17)23-22(29)19-10-11-27(4,12-13-28)26(19)3/h6,8,14,18-21,24,28H,5,7,9-13H2,1-4H3/p+1/t18-,19?,20?,21?,27?/m1/s1. The topological polar surface area (TPSA) is 77.1 Å². The molecule has 0 radical (unpaired) electrons. The van der Waals surface area contributed by atoms with Crippen molar-refractivity contribution < 1.29 is 19.3 Å². The molecule has 1 amide bonds. The second-order valence-corrected chi connectivity index (χ2v) is 9.11. The number of rotatable bonds is 6. The Labute approximate surface area is 179 Å². The van der Waals surface area contributed by atoms with Crippen LogP contribution in [-0.4, -0.2) is 78.6 Å². The van der Waals surface area contributed by atoms with Crippen molar-refractivity contribution in [2.75, 3.05) is 40.8 Å². The second-order valence-electron chi connectivity index (χ2n) is 9.11. The number of hydroxylamine groups is 1. The van der Waals surface area contributed by atoms with E-state index < -0.39 is 0 Å². The van der Waals surface area contributed by atoms with Gasteiger partial charge in [0.15, 0.2) is 0 Å². The predicted molar refractivity (Wildman–Crippen MR) is 114 cm³/mol. The van der Waals surface area contributed by atoms with Crippen LogP contribution in [0.15, 0.2) is 18.2 Å². The summed E-state index contributed by atoms with van der Waals surface area (Å²) in [6, 6.07) is 6.50. The fourth-order valence-electron chi connectivity index (χ4n) is 5.24. The summed E-state index contributed by atoms with van der Waals surface area (Å²) in [7, 11) is 6.14. The van der Waals surface area contributed by atoms with Crippen LogP contribution in [0.5, 0.6) is 0 Å². The third kappa shape index (κ3) is 3.77. The Morgan fingerprint density at radius 2 is 2.17 bits per heavy atom. The number of aliphatic hydroxyl groups excluding tert-OH is 1. The van der Waals surface area contributed by atoms with Crippen molar-refractivity contribution >= 4 is 5.91 Å². The van der Waals surface area contributed by atoms with E-state index in [4.69, 9.17) is 4.84 Å². The number of aliphatic hydroxyl groups is 1. The maximum Gasteiger partial charge on any atom is 0.243 e. The van der Waals surface area contributed by atoms with E-state index in [9.17, 15) is 9.90 Å². The molecule has 2 fully saturated rings. The number of carbonyl (C=O) groups excluding carboxylic acids is 1. The molecular formula is C22H36N5O3+. The largest absolute Gasteiger partial charge is 0.390 e. The van der Waals surface area contributed by atoms with Crippen LogP contribution in [0.2, 0.25) is 0 Å². The third-order valence-corrected chi connectivity index (χ3v) is 7.38. The Kier molecular flexibility index (Phi) is 6.16. The van der Waals surface area contributed by atoms with Crippen molar-refractivity contribution in [3.8, 4) is 0 Å². The maximum atomic E-state index is 13.0. The van der Waals surface area contributed by atoms with Gasteiger partial charge >= 0.3 is 0 Å². The molecule has 2 heterocycles. The molecule has 0 spiro atoms. The number of likely N-dealkylation sites (N-methyl/N-ethyl adjacent to an activating group) is 2. The zero-order valence-corrected chi connectivity index (χ0v) is 18.6. The Bertz CT molecular complexity index is 790. The highest BCUT2D eigenvalue weighted by Crippen LogP contribution is 2.35. The van der Waals surface area contributed by atoms with Gasteiger partial charge in [-0.25, -0.2) is 4.59 Å². The summed E-state index contributed by atoms with van der Waals surface area (Å²) in [4.78, 5) is 20.9. The molecule has 3 N–H and O–H groups in total. The van der Waals surface area contributed by atoms with Gasteiger partial charge in [-0.05, 0) is 43.0 Å². The lowest BCUT2D eigenvalue weighted by molar-refractivity contribution is -1.00. The van der Waals surface area contributed by atoms with E-state index in [1.165, 1.54) is 16.7 Å². The molecule has 1 aromatic rings. The van der Waals surface area contributed by atoms with Crippen LogP contribution in [0, 0.1) is 0 Å². The number of carbonyl (C=O) groups is 1. The van der Waals surface area contributed by atoms with E-state index in [0.717, 1.165) is 32.2 Å². The number of nitrogens with one attached hydrogen (secondary N) is 2. The summed E-state index contributed by atoms with van der Waals surface area (Å²) in [6.07, 6.45) is 3.81. The van der Waals surface area contributed by atoms with E-state index in [1.54, 1.807) is 0 Å². The zero-order chi connectivity index (χ0) is 21.5. The molecule has 4 unspecified atom stereocenters. The molecule has 1 aromatic carbocycles. The number of hydrogen-bond donors (Lipinski definition) is 3. The van der Waals surface area contributed by atoms with E-state index in [2.05, 4.69) is 59.9 Å². The predicted octanol–water partition coefficient (Wildman–Crippen LogP) is 1.05. The van der Waals surface area contributed by atoms with Crippen LogP contribution in [-0.2, 0) is 16.1 Å². The molecule has 166 valence electrons. The van der Waals surface area contributed by atoms with Gasteiger partial charge in [0.1, 0.15) is 25.0 Å². The van der Waals surface area contributed by atoms with Crippen LogP contribution in [0.4, 0.5) is 0 Å². The molecule has 0 bridgehead atoms. The third-order valence-electron chi connectivity index (χ3n) is 7.38. The number of benzene rings is 1. The first-order valence-electron chi connectivity index (χ1n) is 11.1. The highest BCUT2D eigenvalue weighted by atomic mass is 16.7. The van der Waals surface area contributed by atoms with Gasteiger partial charge < -0.3 is 10.4 Å². The van der Waals surface area contributed by atoms with Gasteiger partial charge in [0, 0.05) is 13.5 Å². The van der Waals surface area contributed by atoms with Crippen LogP contribution >= 0.6 is 0 Å². The number of amides is 1. The van der Waals surface area contributed by atoms with Crippen molar-refractivity contribution in [3.63, 3.8) is 0 Å². The summed E-state index contributed by atoms with van der Waals surface area (Å²) in [5.74, 6) is 0.0931. The van der Waals surface area contributed by atoms with Crippen LogP contribution < -0.4 is 10.8 Å². The molecule has 2 aliphatic heterocycles. The molecule has 0 saturated carbocycles. The molecule has 3 aliphatic rings. The smallest absolute Gasteiger partial charge is 0.243 e. The number of quaternary nitrogens is 1. The summed E-state index contributed by atoms with van der Waals surface area (Å²) >= 11 is 0. The molecule has 1 aliphatic carbocycles. The second kappa shape index (κ2) is 8.53. The number of hydrogen-bond acceptors (Lipinski definition) is 6. The molecule has 4 rings (SSSR count). The van der Waals surface area contributed by atoms with E-state index in [1.807, 2.05) is 7.05 Å². The molecule has 8 nitrogen and oxygen atoms in total. The van der Waals surface area contributed by atoms with Crippen molar-refractivity contribution in [2.45, 2.75) is 57.1 Å². The quantitative estimate of drug-likeness (QED) is 0.600. The molecule has 2 saturated heterocycles. The summed E-state index contributed by atoms with van der Waals surface area (Å²) in [6.45, 7) is 3.76. The van der Waals surface area contributed by atoms with Crippen molar-refractivity contribution in [1.29, 1.82) is 0 Å². The van der Waals surface area contributed by atoms with E-state index in [0.29, 0.717) is 11.1 Å². The van der Waals surface area contributed by atoms with Gasteiger partial charge in [-0.2, -0.15) is 5.48 Å². The lowest BCUT2D eigenvalue weighted by Gasteiger charge is -2.36. The monoisotopic (exact) mass is 418 g/mol. The number of aryl methyl sites for hydroxylation is 1. The Morgan fingerprint density at radius 1 is 1.37 bits per heavy atom. The van der Waals surface area contributed by atoms with Gasteiger partial charge in [-0.3, -0.25) is 14.5 Å². The van der Waals surface area contributed by atoms with Gasteiger partial charge in [-0.15, -0.1) is 5.01 Å². The highest BCUT2D eigenvalue weighted by Gasteiger charge is 2.44. The minimum Gasteiger partial charge on any atom is -0.390 e. The van der Waals surface area contributed by atoms with Crippen LogP contribution in [0.25, 0.3) is 0 Å². The first-order chi connectivity index (χ1) is 14.4. The average molecular weight is 419 g/mol. The Morgan fingerprint density at radius 3 is 2.87 bits per heavy atom. The number of fused-ring (bicyclic) bond motifs is 1. The van der Waals surface area contributed by atoms with Gasteiger partial charge in [-0.1, -0.05) is 25.1 Å². The first kappa shape index (κ1) is 21.7. The lowest BCUT2D eigenvalue weighted by atomic mass is 10.0. The van der Waals surface area contributed by atoms with Crippen molar-refractivity contribution in [3.05, 3.63) is 34.9 Å². The fraction of sp³-hybridized carbons (Fsp3) is 0.682. The van der Waals surface area contributed by atoms with Crippen molar-refractivity contribution in [2.24, 2.45) is 0 Å². The molecular weight excluding hydrogens is 382 g/mol. The fourth-order valence-corrected chi connectivity index (χ4v) is 5.24. The number of nitrogens with zero attached hydrogens (tertiary/aromatic N) is 3. The first-order valence-corrected chi connectivity index (χ1v) is 11.1. The zero-order valence-electron chi connectivity index (χ0n) is 18.6. The summed E-state index contributed by atoms with van der Waals surface area (Å²) in [5, 5.41) is 14.8. The van der Waals surface area contributed by atoms with Gasteiger partial charge in [0.2, 0.25) is 5.91 Å². The summed E-state index contributed by atoms with van der Waals surface area (Å²) < 4.78 is 0.613. The summed E-state index contributed by atoms with van der Waals surface area (Å²) in [5.41, 5.74) is 6.89. The Hall–Kier alpha value is -1.55. The minimum atomic E-state index is -0.149. The van der Waals surface area contributed by atoms with E-state index in [-0.39, 0.29) is 37.0 Å².